The molecule has 0 aliphatic rings. The summed E-state index contributed by atoms with van der Waals surface area (Å²) in [5.74, 6) is 1.67. The summed E-state index contributed by atoms with van der Waals surface area (Å²) in [7, 11) is 0. The Hall–Kier alpha value is -2.63. The molecule has 2 aromatic carbocycles. The molecule has 1 heterocycles. The number of rotatable bonds is 7. The van der Waals surface area contributed by atoms with E-state index in [9.17, 15) is 5.11 Å². The Morgan fingerprint density at radius 1 is 1.07 bits per heavy atom. The molecule has 5 nitrogen and oxygen atoms in total. The fraction of sp³-hybridized carbons (Fsp3) is 0.273. The summed E-state index contributed by atoms with van der Waals surface area (Å²) < 4.78 is 0. The number of halogens is 1. The van der Waals surface area contributed by atoms with E-state index in [0.717, 1.165) is 17.7 Å². The van der Waals surface area contributed by atoms with Crippen LogP contribution in [0, 0.1) is 5.92 Å². The molecule has 6 heteroatoms. The smallest absolute Gasteiger partial charge is 0.165 e. The van der Waals surface area contributed by atoms with Gasteiger partial charge in [-0.2, -0.15) is 0 Å². The second kappa shape index (κ2) is 9.04. The van der Waals surface area contributed by atoms with Crippen LogP contribution >= 0.6 is 11.6 Å². The summed E-state index contributed by atoms with van der Waals surface area (Å²) in [6.07, 6.45) is 0.922. The summed E-state index contributed by atoms with van der Waals surface area (Å²) in [6.45, 7) is 4.90. The molecular formula is C22H25ClN4O. The highest BCUT2D eigenvalue weighted by Gasteiger charge is 2.13. The highest BCUT2D eigenvalue weighted by Crippen LogP contribution is 2.32. The van der Waals surface area contributed by atoms with E-state index in [1.54, 1.807) is 18.2 Å². The minimum atomic E-state index is 0.0261. The third-order valence-corrected chi connectivity index (χ3v) is 4.55. The zero-order valence-corrected chi connectivity index (χ0v) is 16.8. The zero-order chi connectivity index (χ0) is 20.1. The molecular weight excluding hydrogens is 372 g/mol. The van der Waals surface area contributed by atoms with Gasteiger partial charge in [0, 0.05) is 29.2 Å². The van der Waals surface area contributed by atoms with Gasteiger partial charge in [0.25, 0.3) is 0 Å². The second-order valence-electron chi connectivity index (χ2n) is 7.26. The first-order valence-electron chi connectivity index (χ1n) is 9.35. The van der Waals surface area contributed by atoms with Gasteiger partial charge in [-0.05, 0) is 30.5 Å². The predicted molar refractivity (Wildman–Crippen MR) is 115 cm³/mol. The molecule has 0 saturated heterocycles. The molecule has 28 heavy (non-hydrogen) atoms. The first-order valence-corrected chi connectivity index (χ1v) is 9.73. The third-order valence-electron chi connectivity index (χ3n) is 4.31. The molecule has 146 valence electrons. The topological polar surface area (TPSA) is 84.1 Å². The molecule has 1 unspecified atom stereocenters. The number of anilines is 1. The molecule has 1 atom stereocenters. The molecule has 0 saturated carbocycles. The third kappa shape index (κ3) is 5.21. The number of hydrogen-bond donors (Lipinski definition) is 3. The van der Waals surface area contributed by atoms with E-state index in [4.69, 9.17) is 17.3 Å². The van der Waals surface area contributed by atoms with Crippen molar-refractivity contribution in [1.29, 1.82) is 0 Å². The van der Waals surface area contributed by atoms with E-state index in [1.165, 1.54) is 0 Å². The van der Waals surface area contributed by atoms with Gasteiger partial charge in [0.15, 0.2) is 5.82 Å². The highest BCUT2D eigenvalue weighted by molar-refractivity contribution is 6.30. The number of nitrogens with two attached hydrogens (primary N) is 1. The zero-order valence-electron chi connectivity index (χ0n) is 16.1. The summed E-state index contributed by atoms with van der Waals surface area (Å²) >= 11 is 6.12. The van der Waals surface area contributed by atoms with Gasteiger partial charge < -0.3 is 16.2 Å². The van der Waals surface area contributed by atoms with Crippen molar-refractivity contribution < 1.29 is 5.11 Å². The van der Waals surface area contributed by atoms with Crippen LogP contribution in [0.4, 0.5) is 5.82 Å². The van der Waals surface area contributed by atoms with Crippen molar-refractivity contribution in [3.8, 4) is 28.4 Å². The van der Waals surface area contributed by atoms with E-state index in [2.05, 4.69) is 29.1 Å². The molecule has 0 aliphatic carbocycles. The lowest BCUT2D eigenvalue weighted by molar-refractivity contribution is 0.477. The maximum Gasteiger partial charge on any atom is 0.165 e. The van der Waals surface area contributed by atoms with E-state index in [0.29, 0.717) is 34.7 Å². The van der Waals surface area contributed by atoms with Crippen molar-refractivity contribution in [2.75, 3.05) is 11.9 Å². The van der Waals surface area contributed by atoms with E-state index >= 15 is 0 Å². The van der Waals surface area contributed by atoms with Gasteiger partial charge in [-0.3, -0.25) is 0 Å². The van der Waals surface area contributed by atoms with Crippen molar-refractivity contribution in [3.63, 3.8) is 0 Å². The normalized spacial score (nSPS) is 12.2. The first kappa shape index (κ1) is 20.1. The molecule has 0 fully saturated rings. The molecule has 3 rings (SSSR count). The van der Waals surface area contributed by atoms with Crippen LogP contribution < -0.4 is 11.1 Å². The molecule has 4 N–H and O–H groups in total. The van der Waals surface area contributed by atoms with E-state index in [1.807, 2.05) is 36.4 Å². The Morgan fingerprint density at radius 3 is 2.54 bits per heavy atom. The lowest BCUT2D eigenvalue weighted by Gasteiger charge is -2.16. The van der Waals surface area contributed by atoms with Crippen LogP contribution in [0.15, 0.2) is 54.6 Å². The van der Waals surface area contributed by atoms with Gasteiger partial charge in [0.1, 0.15) is 11.6 Å². The van der Waals surface area contributed by atoms with Crippen LogP contribution in [-0.4, -0.2) is 27.7 Å². The van der Waals surface area contributed by atoms with E-state index < -0.39 is 0 Å². The van der Waals surface area contributed by atoms with Crippen LogP contribution in [0.1, 0.15) is 20.3 Å². The molecule has 0 spiro atoms. The molecule has 0 aliphatic heterocycles. The summed E-state index contributed by atoms with van der Waals surface area (Å²) in [4.78, 5) is 9.24. The first-order chi connectivity index (χ1) is 13.4. The summed E-state index contributed by atoms with van der Waals surface area (Å²) in [5, 5.41) is 14.1. The van der Waals surface area contributed by atoms with Gasteiger partial charge in [-0.25, -0.2) is 9.97 Å². The number of aromatic hydroxyl groups is 1. The second-order valence-corrected chi connectivity index (χ2v) is 7.70. The average molecular weight is 397 g/mol. The number of nitrogens with one attached hydrogen (secondary N) is 1. The maximum atomic E-state index is 10.3. The summed E-state index contributed by atoms with van der Waals surface area (Å²) in [6, 6.07) is 16.6. The Kier molecular flexibility index (Phi) is 6.49. The van der Waals surface area contributed by atoms with Crippen LogP contribution in [0.2, 0.25) is 5.02 Å². The fourth-order valence-electron chi connectivity index (χ4n) is 3.03. The van der Waals surface area contributed by atoms with Crippen molar-refractivity contribution in [3.05, 3.63) is 59.6 Å². The van der Waals surface area contributed by atoms with E-state index in [-0.39, 0.29) is 11.8 Å². The van der Waals surface area contributed by atoms with Crippen molar-refractivity contribution >= 4 is 17.4 Å². The monoisotopic (exact) mass is 396 g/mol. The Morgan fingerprint density at radius 2 is 1.82 bits per heavy atom. The average Bonchev–Trinajstić information content (AvgIpc) is 2.68. The van der Waals surface area contributed by atoms with Gasteiger partial charge in [0.2, 0.25) is 0 Å². The van der Waals surface area contributed by atoms with Crippen LogP contribution in [-0.2, 0) is 0 Å². The number of hydrogen-bond acceptors (Lipinski definition) is 5. The van der Waals surface area contributed by atoms with Crippen LogP contribution in [0.5, 0.6) is 5.75 Å². The van der Waals surface area contributed by atoms with Crippen LogP contribution in [0.3, 0.4) is 0 Å². The quantitative estimate of drug-likeness (QED) is 0.526. The van der Waals surface area contributed by atoms with Gasteiger partial charge >= 0.3 is 0 Å². The Bertz CT molecular complexity index is 931. The molecule has 3 aromatic rings. The fourth-order valence-corrected chi connectivity index (χ4v) is 3.20. The Balaban J connectivity index is 1.98. The number of phenolic OH excluding ortho intramolecular Hbond substituents is 1. The van der Waals surface area contributed by atoms with Gasteiger partial charge in [-0.15, -0.1) is 0 Å². The van der Waals surface area contributed by atoms with Crippen molar-refractivity contribution in [2.45, 2.75) is 26.3 Å². The lowest BCUT2D eigenvalue weighted by Crippen LogP contribution is -2.30. The Labute approximate surface area is 170 Å². The van der Waals surface area contributed by atoms with Crippen molar-refractivity contribution in [2.24, 2.45) is 11.7 Å². The highest BCUT2D eigenvalue weighted by atomic mass is 35.5. The minimum Gasteiger partial charge on any atom is -0.507 e. The van der Waals surface area contributed by atoms with Crippen molar-refractivity contribution in [1.82, 2.24) is 9.97 Å². The summed E-state index contributed by atoms with van der Waals surface area (Å²) in [5.41, 5.74) is 8.40. The predicted octanol–water partition coefficient (Wildman–Crippen LogP) is 4.95. The van der Waals surface area contributed by atoms with Crippen LogP contribution in [0.25, 0.3) is 22.6 Å². The van der Waals surface area contributed by atoms with Gasteiger partial charge in [-0.1, -0.05) is 55.8 Å². The molecule has 1 aromatic heterocycles. The molecule has 0 amide bonds. The maximum absolute atomic E-state index is 10.3. The number of benzene rings is 2. The molecule has 0 bridgehead atoms. The SMILES string of the molecule is CC(C)CC(N)CNc1cc(-c2ccccc2)nc(-c2cc(Cl)ccc2O)n1. The minimum absolute atomic E-state index is 0.0261. The number of phenols is 1. The number of aromatic nitrogens is 2. The number of nitrogens with zero attached hydrogens (tertiary/aromatic N) is 2. The largest absolute Gasteiger partial charge is 0.507 e. The van der Waals surface area contributed by atoms with Gasteiger partial charge in [0.05, 0.1) is 11.3 Å². The lowest BCUT2D eigenvalue weighted by atomic mass is 10.0. The molecule has 0 radical (unpaired) electrons. The standard InChI is InChI=1S/C22H25ClN4O/c1-14(2)10-17(24)13-25-21-12-19(15-6-4-3-5-7-15)26-22(27-21)18-11-16(23)8-9-20(18)28/h3-9,11-12,14,17,28H,10,13,24H2,1-2H3,(H,25,26,27).